The van der Waals surface area contributed by atoms with Gasteiger partial charge in [0.05, 0.1) is 12.1 Å². The topological polar surface area (TPSA) is 92.7 Å². The maximum Gasteiger partial charge on any atom is 0.411 e. The largest absolute Gasteiger partial charge is 0.481 e. The molecular weight excluding hydrogens is 262 g/mol. The Morgan fingerprint density at radius 2 is 1.95 bits per heavy atom. The summed E-state index contributed by atoms with van der Waals surface area (Å²) in [5, 5.41) is 11.0. The molecule has 0 aliphatic rings. The van der Waals surface area contributed by atoms with Gasteiger partial charge in [-0.1, -0.05) is 24.8 Å². The van der Waals surface area contributed by atoms with Crippen LogP contribution in [0.1, 0.15) is 23.2 Å². The lowest BCUT2D eigenvalue weighted by molar-refractivity contribution is -0.136. The van der Waals surface area contributed by atoms with Crippen molar-refractivity contribution in [3.63, 3.8) is 0 Å². The second kappa shape index (κ2) is 7.73. The molecule has 0 heterocycles. The Morgan fingerprint density at radius 1 is 1.25 bits per heavy atom. The Hall–Kier alpha value is -2.63. The summed E-state index contributed by atoms with van der Waals surface area (Å²) in [6.07, 6.45) is 0.330. The highest BCUT2D eigenvalue weighted by Gasteiger charge is 2.14. The molecule has 1 aromatic rings. The highest BCUT2D eigenvalue weighted by atomic mass is 16.5. The summed E-state index contributed by atoms with van der Waals surface area (Å²) in [5.41, 5.74) is 0.543. The van der Waals surface area contributed by atoms with Gasteiger partial charge in [-0.25, -0.2) is 4.79 Å². The van der Waals surface area contributed by atoms with Crippen molar-refractivity contribution in [3.8, 4) is 0 Å². The van der Waals surface area contributed by atoms with Crippen LogP contribution in [0.5, 0.6) is 0 Å². The number of hydrogen-bond acceptors (Lipinski definition) is 4. The Bertz CT molecular complexity index is 524. The molecule has 0 aliphatic carbocycles. The Morgan fingerprint density at radius 3 is 2.60 bits per heavy atom. The number of benzene rings is 1. The predicted molar refractivity (Wildman–Crippen MR) is 72.8 cm³/mol. The Balaban J connectivity index is 2.77. The quantitative estimate of drug-likeness (QED) is 0.590. The Labute approximate surface area is 116 Å². The molecule has 0 atom stereocenters. The number of carboxylic acids is 1. The highest BCUT2D eigenvalue weighted by Crippen LogP contribution is 2.18. The molecule has 1 rings (SSSR count). The fourth-order valence-electron chi connectivity index (χ4n) is 1.47. The molecule has 0 saturated carbocycles. The molecule has 20 heavy (non-hydrogen) atoms. The number of rotatable bonds is 7. The van der Waals surface area contributed by atoms with Crippen LogP contribution in [-0.4, -0.2) is 29.6 Å². The van der Waals surface area contributed by atoms with E-state index < -0.39 is 12.1 Å². The van der Waals surface area contributed by atoms with Crippen molar-refractivity contribution in [2.75, 3.05) is 11.9 Å². The molecule has 106 valence electrons. The van der Waals surface area contributed by atoms with Gasteiger partial charge in [0.25, 0.3) is 0 Å². The number of ether oxygens (including phenoxy) is 1. The van der Waals surface area contributed by atoms with E-state index in [1.54, 1.807) is 18.2 Å². The van der Waals surface area contributed by atoms with Crippen LogP contribution in [0.15, 0.2) is 36.9 Å². The van der Waals surface area contributed by atoms with Crippen molar-refractivity contribution in [2.24, 2.45) is 0 Å². The van der Waals surface area contributed by atoms with Crippen molar-refractivity contribution >= 4 is 23.5 Å². The summed E-state index contributed by atoms with van der Waals surface area (Å²) in [4.78, 5) is 33.8. The lowest BCUT2D eigenvalue weighted by Crippen LogP contribution is -2.16. The summed E-state index contributed by atoms with van der Waals surface area (Å²) in [5.74, 6) is -1.40. The number of nitrogens with one attached hydrogen (secondary N) is 1. The van der Waals surface area contributed by atoms with Gasteiger partial charge in [0.1, 0.15) is 6.61 Å². The molecule has 0 aliphatic heterocycles. The average Bonchev–Trinajstić information content (AvgIpc) is 2.43. The number of amides is 1. The SMILES string of the molecule is C=CCOC(=O)Nc1ccccc1C(=O)CCC(=O)O. The van der Waals surface area contributed by atoms with Crippen molar-refractivity contribution < 1.29 is 24.2 Å². The van der Waals surface area contributed by atoms with Crippen LogP contribution in [0.4, 0.5) is 10.5 Å². The van der Waals surface area contributed by atoms with E-state index in [9.17, 15) is 14.4 Å². The minimum Gasteiger partial charge on any atom is -0.481 e. The lowest BCUT2D eigenvalue weighted by atomic mass is 10.0. The molecule has 0 radical (unpaired) electrons. The van der Waals surface area contributed by atoms with Gasteiger partial charge in [-0.05, 0) is 12.1 Å². The maximum absolute atomic E-state index is 11.9. The third-order valence-electron chi connectivity index (χ3n) is 2.36. The van der Waals surface area contributed by atoms with Gasteiger partial charge < -0.3 is 9.84 Å². The molecule has 0 bridgehead atoms. The van der Waals surface area contributed by atoms with Gasteiger partial charge in [-0.3, -0.25) is 14.9 Å². The van der Waals surface area contributed by atoms with E-state index in [1.165, 1.54) is 12.1 Å². The summed E-state index contributed by atoms with van der Waals surface area (Å²) < 4.78 is 4.75. The van der Waals surface area contributed by atoms with Gasteiger partial charge in [0, 0.05) is 12.0 Å². The van der Waals surface area contributed by atoms with E-state index in [0.29, 0.717) is 0 Å². The number of carbonyl (C=O) groups excluding carboxylic acids is 2. The second-order valence-corrected chi connectivity index (χ2v) is 3.87. The van der Waals surface area contributed by atoms with E-state index >= 15 is 0 Å². The number of anilines is 1. The fraction of sp³-hybridized carbons (Fsp3) is 0.214. The third-order valence-corrected chi connectivity index (χ3v) is 2.36. The summed E-state index contributed by atoms with van der Waals surface area (Å²) >= 11 is 0. The first-order valence-corrected chi connectivity index (χ1v) is 5.93. The summed E-state index contributed by atoms with van der Waals surface area (Å²) in [6, 6.07) is 6.35. The number of ketones is 1. The number of hydrogen-bond donors (Lipinski definition) is 2. The van der Waals surface area contributed by atoms with Gasteiger partial charge in [0.2, 0.25) is 0 Å². The number of Topliss-reactive ketones (excluding diaryl/α,β-unsaturated/α-hetero) is 1. The molecule has 2 N–H and O–H groups in total. The molecule has 0 spiro atoms. The predicted octanol–water partition coefficient (Wildman–Crippen LogP) is 2.47. The van der Waals surface area contributed by atoms with Gasteiger partial charge in [-0.2, -0.15) is 0 Å². The van der Waals surface area contributed by atoms with Crippen LogP contribution in [0.2, 0.25) is 0 Å². The maximum atomic E-state index is 11.9. The highest BCUT2D eigenvalue weighted by molar-refractivity contribution is 6.04. The number of aliphatic carboxylic acids is 1. The summed E-state index contributed by atoms with van der Waals surface area (Å²) in [6.45, 7) is 3.47. The zero-order chi connectivity index (χ0) is 15.0. The van der Waals surface area contributed by atoms with Crippen LogP contribution in [0.3, 0.4) is 0 Å². The molecule has 0 unspecified atom stereocenters. The van der Waals surface area contributed by atoms with Gasteiger partial charge >= 0.3 is 12.1 Å². The number of carbonyl (C=O) groups is 3. The van der Waals surface area contributed by atoms with E-state index in [4.69, 9.17) is 9.84 Å². The normalized spacial score (nSPS) is 9.60. The molecule has 0 aromatic heterocycles. The summed E-state index contributed by atoms with van der Waals surface area (Å²) in [7, 11) is 0. The molecule has 1 aromatic carbocycles. The molecular formula is C14H15NO5. The number of carboxylic acid groups (broad SMARTS) is 1. The Kier molecular flexibility index (Phi) is 5.96. The zero-order valence-corrected chi connectivity index (χ0v) is 10.8. The van der Waals surface area contributed by atoms with Crippen LogP contribution >= 0.6 is 0 Å². The van der Waals surface area contributed by atoms with Crippen LogP contribution in [0.25, 0.3) is 0 Å². The monoisotopic (exact) mass is 277 g/mol. The van der Waals surface area contributed by atoms with E-state index in [1.807, 2.05) is 0 Å². The number of para-hydroxylation sites is 1. The second-order valence-electron chi connectivity index (χ2n) is 3.87. The van der Waals surface area contributed by atoms with E-state index in [2.05, 4.69) is 11.9 Å². The van der Waals surface area contributed by atoms with Crippen LogP contribution < -0.4 is 5.32 Å². The first-order valence-electron chi connectivity index (χ1n) is 5.93. The van der Waals surface area contributed by atoms with Crippen molar-refractivity contribution in [3.05, 3.63) is 42.5 Å². The lowest BCUT2D eigenvalue weighted by Gasteiger charge is -2.09. The zero-order valence-electron chi connectivity index (χ0n) is 10.8. The van der Waals surface area contributed by atoms with Crippen molar-refractivity contribution in [1.29, 1.82) is 0 Å². The average molecular weight is 277 g/mol. The van der Waals surface area contributed by atoms with E-state index in [0.717, 1.165) is 0 Å². The van der Waals surface area contributed by atoms with Crippen molar-refractivity contribution in [2.45, 2.75) is 12.8 Å². The van der Waals surface area contributed by atoms with Crippen molar-refractivity contribution in [1.82, 2.24) is 0 Å². The molecule has 0 fully saturated rings. The molecule has 1 amide bonds. The molecule has 6 nitrogen and oxygen atoms in total. The van der Waals surface area contributed by atoms with E-state index in [-0.39, 0.29) is 36.5 Å². The minimum absolute atomic E-state index is 0.0565. The van der Waals surface area contributed by atoms with Crippen LogP contribution in [0, 0.1) is 0 Å². The molecule has 0 saturated heterocycles. The first kappa shape index (κ1) is 15.4. The van der Waals surface area contributed by atoms with Gasteiger partial charge in [-0.15, -0.1) is 0 Å². The molecule has 6 heteroatoms. The fourth-order valence-corrected chi connectivity index (χ4v) is 1.47. The van der Waals surface area contributed by atoms with Gasteiger partial charge in [0.15, 0.2) is 5.78 Å². The smallest absolute Gasteiger partial charge is 0.411 e. The standard InChI is InChI=1S/C14H15NO5/c1-2-9-20-14(19)15-11-6-4-3-5-10(11)12(16)7-8-13(17)18/h2-6H,1,7-9H2,(H,15,19)(H,17,18). The minimum atomic E-state index is -1.05. The van der Waals surface area contributed by atoms with Crippen LogP contribution in [-0.2, 0) is 9.53 Å². The first-order chi connectivity index (χ1) is 9.54. The third kappa shape index (κ3) is 4.93.